The molecule has 2 aliphatic carbocycles. The second kappa shape index (κ2) is 15.8. The van der Waals surface area contributed by atoms with Gasteiger partial charge in [0.1, 0.15) is 23.7 Å². The Hall–Kier alpha value is -5.92. The van der Waals surface area contributed by atoms with Gasteiger partial charge in [0.05, 0.1) is 50.1 Å². The molecule has 4 amide bonds. The van der Waals surface area contributed by atoms with E-state index in [1.807, 2.05) is 49.9 Å². The van der Waals surface area contributed by atoms with Crippen LogP contribution in [0.15, 0.2) is 60.9 Å². The Bertz CT molecular complexity index is 2040. The molecule has 2 saturated carbocycles. The van der Waals surface area contributed by atoms with Gasteiger partial charge < -0.3 is 39.9 Å². The highest BCUT2D eigenvalue weighted by molar-refractivity contribution is 5.88. The number of fused-ring (bicyclic) bond motifs is 2. The summed E-state index contributed by atoms with van der Waals surface area (Å²) in [5, 5.41) is 5.47. The molecule has 0 bridgehead atoms. The van der Waals surface area contributed by atoms with Crippen molar-refractivity contribution in [1.82, 2.24) is 40.4 Å². The summed E-state index contributed by atoms with van der Waals surface area (Å²) in [7, 11) is 2.60. The first-order chi connectivity index (χ1) is 27.9. The van der Waals surface area contributed by atoms with Crippen LogP contribution in [0.5, 0.6) is 0 Å². The lowest BCUT2D eigenvalue weighted by atomic mass is 10.0. The summed E-state index contributed by atoms with van der Waals surface area (Å²) in [5.74, 6) is 2.03. The Morgan fingerprint density at radius 2 is 1.02 bits per heavy atom. The van der Waals surface area contributed by atoms with Crippen molar-refractivity contribution in [2.24, 2.45) is 23.7 Å². The van der Waals surface area contributed by atoms with E-state index in [1.165, 1.54) is 14.2 Å². The molecule has 304 valence electrons. The third kappa shape index (κ3) is 7.71. The minimum absolute atomic E-state index is 0.0939. The normalized spacial score (nSPS) is 24.1. The van der Waals surface area contributed by atoms with E-state index in [-0.39, 0.29) is 47.8 Å². The quantitative estimate of drug-likeness (QED) is 0.115. The molecule has 58 heavy (non-hydrogen) atoms. The summed E-state index contributed by atoms with van der Waals surface area (Å²) >= 11 is 0. The van der Waals surface area contributed by atoms with Gasteiger partial charge in [-0.2, -0.15) is 0 Å². The van der Waals surface area contributed by atoms with Crippen molar-refractivity contribution in [1.29, 1.82) is 0 Å². The van der Waals surface area contributed by atoms with Crippen LogP contribution in [0.3, 0.4) is 0 Å². The number of benzene rings is 2. The van der Waals surface area contributed by atoms with Crippen LogP contribution >= 0.6 is 0 Å². The number of H-pyrrole nitrogens is 2. The van der Waals surface area contributed by atoms with Crippen LogP contribution in [0.1, 0.15) is 88.2 Å². The molecule has 0 spiro atoms. The molecule has 4 aromatic rings. The number of nitrogens with one attached hydrogen (secondary N) is 4. The average Bonchev–Trinajstić information content (AvgIpc) is 3.81. The molecule has 4 N–H and O–H groups in total. The van der Waals surface area contributed by atoms with Crippen molar-refractivity contribution in [2.75, 3.05) is 14.2 Å². The van der Waals surface area contributed by atoms with E-state index in [4.69, 9.17) is 19.4 Å². The number of hydrogen-bond donors (Lipinski definition) is 4. The number of ether oxygens (including phenoxy) is 2. The predicted octanol–water partition coefficient (Wildman–Crippen LogP) is 6.72. The fourth-order valence-corrected chi connectivity index (χ4v) is 8.80. The van der Waals surface area contributed by atoms with E-state index in [9.17, 15) is 19.2 Å². The number of carbonyl (C=O) groups excluding carboxylic acids is 4. The van der Waals surface area contributed by atoms with Gasteiger partial charge in [0.25, 0.3) is 0 Å². The van der Waals surface area contributed by atoms with E-state index in [0.29, 0.717) is 11.8 Å². The van der Waals surface area contributed by atoms with Gasteiger partial charge in [0.15, 0.2) is 0 Å². The van der Waals surface area contributed by atoms with Gasteiger partial charge >= 0.3 is 12.2 Å². The van der Waals surface area contributed by atoms with Crippen LogP contribution < -0.4 is 10.6 Å². The number of methoxy groups -OCH3 is 2. The summed E-state index contributed by atoms with van der Waals surface area (Å²) in [6.45, 7) is 7.68. The van der Waals surface area contributed by atoms with Crippen LogP contribution in [0.25, 0.3) is 34.7 Å². The Kier molecular flexibility index (Phi) is 10.6. The van der Waals surface area contributed by atoms with E-state index in [2.05, 4.69) is 81.3 Å². The van der Waals surface area contributed by atoms with E-state index in [1.54, 1.807) is 0 Å². The molecule has 14 heteroatoms. The summed E-state index contributed by atoms with van der Waals surface area (Å²) in [4.78, 5) is 71.8. The summed E-state index contributed by atoms with van der Waals surface area (Å²) in [5.41, 5.74) is 5.84. The number of hydrogen-bond acceptors (Lipinski definition) is 8. The van der Waals surface area contributed by atoms with Gasteiger partial charge in [-0.15, -0.1) is 0 Å². The molecular formula is C44H52N8O6. The van der Waals surface area contributed by atoms with Crippen molar-refractivity contribution >= 4 is 36.2 Å². The summed E-state index contributed by atoms with van der Waals surface area (Å²) < 4.78 is 9.58. The molecule has 4 aliphatic rings. The standard InChI is InChI=1S/C44H52N8O6/c1-23(2)37(49-43(55)57-5)41(53)51-33-17-29(33)19-35(51)39-45-21-31(47-39)27-13-9-25(10-14-27)7-8-26-11-15-28(16-12-26)32-22-46-40(48-32)36-20-30-18-34(30)52(36)42(54)38(24(3)4)50-44(56)58-6/h7-16,21-24,29-30,33-38H,17-20H2,1-6H3,(H,45,47)(H,46,48)(H,49,55)(H,50,56)/b8-7+/t29-,30-,33-,34-,35+,36+,37-,38+/m1/s1. The van der Waals surface area contributed by atoms with Gasteiger partial charge in [-0.05, 0) is 71.6 Å². The van der Waals surface area contributed by atoms with Crippen LogP contribution in [0.4, 0.5) is 9.59 Å². The van der Waals surface area contributed by atoms with Crippen molar-refractivity contribution in [3.8, 4) is 22.5 Å². The SMILES string of the molecule is COC(=O)N[C@H](C(=O)N1[C@@H]2C[C@@H]2C[C@H]1c1ncc(-c2ccc(/C=C/c3ccc(-c4cnc([C@@H]5C[C@H]6C[C@H]6N5C(=O)[C@H](NC(=O)OC)C(C)C)[nH]4)cc3)cc2)[nH]1)C(C)C. The molecule has 4 fully saturated rings. The Morgan fingerprint density at radius 3 is 1.36 bits per heavy atom. The lowest BCUT2D eigenvalue weighted by Crippen LogP contribution is -2.52. The first-order valence-electron chi connectivity index (χ1n) is 20.3. The average molecular weight is 789 g/mol. The van der Waals surface area contributed by atoms with Crippen molar-refractivity contribution in [3.63, 3.8) is 0 Å². The van der Waals surface area contributed by atoms with Gasteiger partial charge in [-0.3, -0.25) is 9.59 Å². The van der Waals surface area contributed by atoms with Crippen LogP contribution in [-0.4, -0.2) is 92.1 Å². The number of amides is 4. The molecule has 2 aliphatic heterocycles. The Balaban J connectivity index is 0.894. The number of rotatable bonds is 12. The third-order valence-corrected chi connectivity index (χ3v) is 12.2. The smallest absolute Gasteiger partial charge is 0.407 e. The monoisotopic (exact) mass is 788 g/mol. The number of aromatic nitrogens is 4. The fourth-order valence-electron chi connectivity index (χ4n) is 8.80. The number of likely N-dealkylation sites (tertiary alicyclic amines) is 2. The second-order valence-corrected chi connectivity index (χ2v) is 16.8. The molecule has 8 atom stereocenters. The Labute approximate surface area is 338 Å². The summed E-state index contributed by atoms with van der Waals surface area (Å²) in [6, 6.07) is 15.1. The first kappa shape index (κ1) is 38.9. The minimum atomic E-state index is -0.672. The number of nitrogens with zero attached hydrogens (tertiary/aromatic N) is 4. The maximum absolute atomic E-state index is 13.7. The predicted molar refractivity (Wildman–Crippen MR) is 218 cm³/mol. The minimum Gasteiger partial charge on any atom is -0.453 e. The van der Waals surface area contributed by atoms with Crippen LogP contribution in [-0.2, 0) is 19.1 Å². The highest BCUT2D eigenvalue weighted by atomic mass is 16.5. The number of piperidine rings is 2. The number of carbonyl (C=O) groups is 4. The number of alkyl carbamates (subject to hydrolysis) is 2. The molecule has 4 heterocycles. The molecule has 0 radical (unpaired) electrons. The molecule has 0 unspecified atom stereocenters. The molecule has 8 rings (SSSR count). The van der Waals surface area contributed by atoms with Gasteiger partial charge in [0.2, 0.25) is 11.8 Å². The number of aromatic amines is 2. The van der Waals surface area contributed by atoms with Crippen molar-refractivity contribution in [2.45, 2.75) is 89.6 Å². The summed E-state index contributed by atoms with van der Waals surface area (Å²) in [6.07, 6.45) is 10.2. The zero-order valence-corrected chi connectivity index (χ0v) is 33.8. The maximum atomic E-state index is 13.7. The lowest BCUT2D eigenvalue weighted by molar-refractivity contribution is -0.137. The Morgan fingerprint density at radius 1 is 0.638 bits per heavy atom. The van der Waals surface area contributed by atoms with Gasteiger partial charge in [0, 0.05) is 12.1 Å². The van der Waals surface area contributed by atoms with Gasteiger partial charge in [-0.25, -0.2) is 19.6 Å². The van der Waals surface area contributed by atoms with Crippen LogP contribution in [0, 0.1) is 23.7 Å². The molecule has 2 aromatic carbocycles. The zero-order valence-electron chi connectivity index (χ0n) is 33.8. The molecule has 2 aromatic heterocycles. The molecular weight excluding hydrogens is 737 g/mol. The second-order valence-electron chi connectivity index (χ2n) is 16.8. The molecule has 14 nitrogen and oxygen atoms in total. The lowest BCUT2D eigenvalue weighted by Gasteiger charge is -2.31. The topological polar surface area (TPSA) is 175 Å². The van der Waals surface area contributed by atoms with Crippen LogP contribution in [0.2, 0.25) is 0 Å². The number of imidazole rings is 2. The fraction of sp³-hybridized carbons (Fsp3) is 0.455. The zero-order chi connectivity index (χ0) is 40.8. The van der Waals surface area contributed by atoms with E-state index < -0.39 is 24.3 Å². The highest BCUT2D eigenvalue weighted by Crippen LogP contribution is 2.54. The third-order valence-electron chi connectivity index (χ3n) is 12.2. The highest BCUT2D eigenvalue weighted by Gasteiger charge is 2.57. The van der Waals surface area contributed by atoms with Crippen molar-refractivity contribution in [3.05, 3.63) is 83.7 Å². The maximum Gasteiger partial charge on any atom is 0.407 e. The largest absolute Gasteiger partial charge is 0.453 e. The van der Waals surface area contributed by atoms with E-state index in [0.717, 1.165) is 71.0 Å². The van der Waals surface area contributed by atoms with Gasteiger partial charge in [-0.1, -0.05) is 88.4 Å². The van der Waals surface area contributed by atoms with Crippen molar-refractivity contribution < 1.29 is 28.7 Å². The first-order valence-corrected chi connectivity index (χ1v) is 20.3. The molecule has 2 saturated heterocycles. The van der Waals surface area contributed by atoms with E-state index >= 15 is 0 Å².